The third kappa shape index (κ3) is 3.13. The van der Waals surface area contributed by atoms with Gasteiger partial charge in [-0.05, 0) is 19.8 Å². The summed E-state index contributed by atoms with van der Waals surface area (Å²) in [5.74, 6) is 0.745. The molecule has 0 radical (unpaired) electrons. The molecule has 1 saturated heterocycles. The third-order valence-electron chi connectivity index (χ3n) is 4.62. The van der Waals surface area contributed by atoms with Crippen molar-refractivity contribution in [2.75, 3.05) is 19.9 Å². The van der Waals surface area contributed by atoms with Crippen molar-refractivity contribution in [3.63, 3.8) is 0 Å². The van der Waals surface area contributed by atoms with E-state index in [-0.39, 0.29) is 12.8 Å². The van der Waals surface area contributed by atoms with Gasteiger partial charge in [-0.2, -0.15) is 10.2 Å². The van der Waals surface area contributed by atoms with Gasteiger partial charge in [0.15, 0.2) is 12.4 Å². The Morgan fingerprint density at radius 3 is 2.64 bits per heavy atom. The van der Waals surface area contributed by atoms with Crippen molar-refractivity contribution in [3.05, 3.63) is 42.4 Å². The fraction of sp³-hybridized carbons (Fsp3) is 0.389. The van der Waals surface area contributed by atoms with Crippen molar-refractivity contribution in [1.82, 2.24) is 24.8 Å². The maximum absolute atomic E-state index is 8.88. The molecule has 3 aromatic rings. The monoisotopic (exact) mass is 339 g/mol. The quantitative estimate of drug-likeness (QED) is 0.735. The molecule has 0 spiro atoms. The summed E-state index contributed by atoms with van der Waals surface area (Å²) in [6.07, 6.45) is 3.68. The average molecular weight is 339 g/mol. The molecule has 0 saturated carbocycles. The Kier molecular flexibility index (Phi) is 4.44. The van der Waals surface area contributed by atoms with Gasteiger partial charge in [-0.3, -0.25) is 4.84 Å². The molecular formula is C18H21N5O2. The number of nitrogens with zero attached hydrogens (tertiary/aromatic N) is 5. The normalized spacial score (nSPS) is 16.6. The molecule has 7 nitrogen and oxygen atoms in total. The van der Waals surface area contributed by atoms with Gasteiger partial charge in [0.1, 0.15) is 5.82 Å². The van der Waals surface area contributed by atoms with Gasteiger partial charge in [-0.25, -0.2) is 14.6 Å². The summed E-state index contributed by atoms with van der Waals surface area (Å²) < 4.78 is 2.02. The highest BCUT2D eigenvalue weighted by molar-refractivity contribution is 5.90. The van der Waals surface area contributed by atoms with Crippen LogP contribution in [0.2, 0.25) is 0 Å². The zero-order chi connectivity index (χ0) is 17.2. The molecule has 1 aromatic carbocycles. The number of piperidine rings is 1. The number of aliphatic hydroxyl groups is 1. The molecule has 7 heteroatoms. The molecule has 3 heterocycles. The van der Waals surface area contributed by atoms with Gasteiger partial charge in [0.05, 0.1) is 23.3 Å². The number of rotatable bonds is 4. The Morgan fingerprint density at radius 2 is 1.92 bits per heavy atom. The van der Waals surface area contributed by atoms with Crippen LogP contribution in [0, 0.1) is 6.92 Å². The topological polar surface area (TPSA) is 76.3 Å². The van der Waals surface area contributed by atoms with E-state index in [1.54, 1.807) is 5.06 Å². The Bertz CT molecular complexity index is 857. The second kappa shape index (κ2) is 6.87. The number of aryl methyl sites for hydroxylation is 1. The van der Waals surface area contributed by atoms with Crippen LogP contribution in [0.4, 0.5) is 0 Å². The lowest BCUT2D eigenvalue weighted by atomic mass is 10.1. The summed E-state index contributed by atoms with van der Waals surface area (Å²) in [5, 5.41) is 16.3. The molecule has 0 atom stereocenters. The van der Waals surface area contributed by atoms with Crippen LogP contribution in [0.1, 0.15) is 24.7 Å². The highest BCUT2D eigenvalue weighted by Gasteiger charge is 2.24. The van der Waals surface area contributed by atoms with Gasteiger partial charge >= 0.3 is 0 Å². The summed E-state index contributed by atoms with van der Waals surface area (Å²) in [5.41, 5.74) is 2.88. The van der Waals surface area contributed by atoms with Crippen LogP contribution < -0.4 is 0 Å². The molecular weight excluding hydrogens is 318 g/mol. The fourth-order valence-corrected chi connectivity index (χ4v) is 3.42. The van der Waals surface area contributed by atoms with Crippen molar-refractivity contribution in [3.8, 4) is 11.3 Å². The fourth-order valence-electron chi connectivity index (χ4n) is 3.42. The predicted molar refractivity (Wildman–Crippen MR) is 93.5 cm³/mol. The molecule has 1 aliphatic rings. The summed E-state index contributed by atoms with van der Waals surface area (Å²) in [6.45, 7) is 3.17. The molecule has 25 heavy (non-hydrogen) atoms. The predicted octanol–water partition coefficient (Wildman–Crippen LogP) is 2.32. The van der Waals surface area contributed by atoms with Gasteiger partial charge < -0.3 is 5.11 Å². The van der Waals surface area contributed by atoms with E-state index in [0.29, 0.717) is 0 Å². The molecule has 2 aromatic heterocycles. The summed E-state index contributed by atoms with van der Waals surface area (Å²) in [4.78, 5) is 14.5. The number of aromatic nitrogens is 4. The molecule has 0 unspecified atom stereocenters. The Hall–Kier alpha value is -2.35. The highest BCUT2D eigenvalue weighted by Crippen LogP contribution is 2.30. The number of hydrogen-bond donors (Lipinski definition) is 1. The minimum absolute atomic E-state index is 0.272. The lowest BCUT2D eigenvalue weighted by molar-refractivity contribution is -0.219. The number of hydrogen-bond acceptors (Lipinski definition) is 6. The van der Waals surface area contributed by atoms with Crippen molar-refractivity contribution in [1.29, 1.82) is 0 Å². The van der Waals surface area contributed by atoms with Crippen LogP contribution in [0.15, 0.2) is 36.5 Å². The van der Waals surface area contributed by atoms with Crippen molar-refractivity contribution in [2.24, 2.45) is 0 Å². The van der Waals surface area contributed by atoms with E-state index in [2.05, 4.69) is 27.2 Å². The first-order valence-electron chi connectivity index (χ1n) is 8.52. The lowest BCUT2D eigenvalue weighted by Gasteiger charge is -2.30. The second-order valence-corrected chi connectivity index (χ2v) is 6.23. The number of hydroxylamine groups is 2. The van der Waals surface area contributed by atoms with Gasteiger partial charge in [0.2, 0.25) is 0 Å². The molecule has 0 aliphatic carbocycles. The van der Waals surface area contributed by atoms with Crippen LogP contribution in [0.3, 0.4) is 0 Å². The van der Waals surface area contributed by atoms with E-state index in [1.807, 2.05) is 36.0 Å². The SMILES string of the molecule is Cc1nc(-c2ccccc2)c2cnn(C3CCN(OCO)CC3)c2n1. The van der Waals surface area contributed by atoms with E-state index >= 15 is 0 Å². The Balaban J connectivity index is 1.69. The van der Waals surface area contributed by atoms with Gasteiger partial charge in [0.25, 0.3) is 0 Å². The standard InChI is InChI=1S/C18H21N5O2/c1-13-20-17(14-5-3-2-4-6-14)16-11-19-23(18(16)21-13)15-7-9-22(10-8-15)25-12-24/h2-6,11,15,24H,7-10,12H2,1H3. The molecule has 1 fully saturated rings. The van der Waals surface area contributed by atoms with Crippen LogP contribution in [-0.4, -0.2) is 49.8 Å². The van der Waals surface area contributed by atoms with Crippen LogP contribution in [-0.2, 0) is 4.84 Å². The first-order valence-corrected chi connectivity index (χ1v) is 8.52. The zero-order valence-electron chi connectivity index (χ0n) is 14.2. The van der Waals surface area contributed by atoms with Crippen molar-refractivity contribution in [2.45, 2.75) is 25.8 Å². The zero-order valence-corrected chi connectivity index (χ0v) is 14.2. The lowest BCUT2D eigenvalue weighted by Crippen LogP contribution is -2.35. The number of benzene rings is 1. The number of aliphatic hydroxyl groups excluding tert-OH is 1. The maximum atomic E-state index is 8.88. The van der Waals surface area contributed by atoms with Gasteiger partial charge in [-0.1, -0.05) is 30.3 Å². The summed E-state index contributed by atoms with van der Waals surface area (Å²) in [6, 6.07) is 10.4. The van der Waals surface area contributed by atoms with E-state index in [9.17, 15) is 0 Å². The smallest absolute Gasteiger partial charge is 0.164 e. The summed E-state index contributed by atoms with van der Waals surface area (Å²) >= 11 is 0. The molecule has 4 rings (SSSR count). The third-order valence-corrected chi connectivity index (χ3v) is 4.62. The highest BCUT2D eigenvalue weighted by atomic mass is 16.7. The minimum atomic E-state index is -0.276. The van der Waals surface area contributed by atoms with Crippen LogP contribution in [0.5, 0.6) is 0 Å². The van der Waals surface area contributed by atoms with Gasteiger partial charge in [-0.15, -0.1) is 0 Å². The van der Waals surface area contributed by atoms with E-state index < -0.39 is 0 Å². The maximum Gasteiger partial charge on any atom is 0.164 e. The van der Waals surface area contributed by atoms with Crippen LogP contribution in [0.25, 0.3) is 22.3 Å². The molecule has 0 amide bonds. The van der Waals surface area contributed by atoms with Crippen molar-refractivity contribution < 1.29 is 9.94 Å². The van der Waals surface area contributed by atoms with Gasteiger partial charge in [0, 0.05) is 18.7 Å². The molecule has 0 bridgehead atoms. The van der Waals surface area contributed by atoms with E-state index in [4.69, 9.17) is 9.94 Å². The molecule has 1 N–H and O–H groups in total. The van der Waals surface area contributed by atoms with E-state index in [0.717, 1.165) is 54.0 Å². The second-order valence-electron chi connectivity index (χ2n) is 6.23. The minimum Gasteiger partial charge on any atom is -0.369 e. The largest absolute Gasteiger partial charge is 0.369 e. The molecule has 130 valence electrons. The van der Waals surface area contributed by atoms with Crippen LogP contribution >= 0.6 is 0 Å². The average Bonchev–Trinajstić information content (AvgIpc) is 3.06. The van der Waals surface area contributed by atoms with Crippen molar-refractivity contribution >= 4 is 11.0 Å². The molecule has 1 aliphatic heterocycles. The first-order chi connectivity index (χ1) is 12.3. The first kappa shape index (κ1) is 16.1. The van der Waals surface area contributed by atoms with E-state index in [1.165, 1.54) is 0 Å². The Morgan fingerprint density at radius 1 is 1.16 bits per heavy atom. The Labute approximate surface area is 145 Å². The summed E-state index contributed by atoms with van der Waals surface area (Å²) in [7, 11) is 0. The number of fused-ring (bicyclic) bond motifs is 1.